The number of hydrogen-bond donors (Lipinski definition) is 2. The second kappa shape index (κ2) is 8.36. The molecule has 0 aromatic heterocycles. The summed E-state index contributed by atoms with van der Waals surface area (Å²) >= 11 is 0. The van der Waals surface area contributed by atoms with E-state index in [-0.39, 0.29) is 17.2 Å². The topological polar surface area (TPSA) is 50.4 Å². The molecule has 2 unspecified atom stereocenters. The third-order valence-electron chi connectivity index (χ3n) is 6.18. The lowest BCUT2D eigenvalue weighted by atomic mass is 9.81. The number of amides is 1. The fourth-order valence-electron chi connectivity index (χ4n) is 4.04. The molecule has 2 aromatic rings. The number of nitrogens with one attached hydrogen (secondary N) is 2. The summed E-state index contributed by atoms with van der Waals surface area (Å²) in [6, 6.07) is 18.4. The van der Waals surface area contributed by atoms with Crippen molar-refractivity contribution in [1.82, 2.24) is 10.6 Å². The van der Waals surface area contributed by atoms with Gasteiger partial charge >= 0.3 is 0 Å². The minimum Gasteiger partial charge on any atom is -0.489 e. The second-order valence-electron chi connectivity index (χ2n) is 8.57. The van der Waals surface area contributed by atoms with Crippen molar-refractivity contribution in [2.45, 2.75) is 38.7 Å². The van der Waals surface area contributed by atoms with Crippen LogP contribution in [0.5, 0.6) is 5.75 Å². The van der Waals surface area contributed by atoms with E-state index in [1.807, 2.05) is 30.3 Å². The number of hydrogen-bond acceptors (Lipinski definition) is 3. The quantitative estimate of drug-likeness (QED) is 0.769. The van der Waals surface area contributed by atoms with Gasteiger partial charge in [0.1, 0.15) is 12.4 Å². The Hall–Kier alpha value is -2.33. The van der Waals surface area contributed by atoms with Crippen LogP contribution in [-0.4, -0.2) is 25.5 Å². The number of ether oxygens (including phenoxy) is 1. The molecule has 1 aliphatic carbocycles. The van der Waals surface area contributed by atoms with Gasteiger partial charge in [0.05, 0.1) is 0 Å². The Balaban J connectivity index is 1.24. The summed E-state index contributed by atoms with van der Waals surface area (Å²) in [7, 11) is 0. The average molecular weight is 379 g/mol. The van der Waals surface area contributed by atoms with Gasteiger partial charge in [0, 0.05) is 12.5 Å². The van der Waals surface area contributed by atoms with Crippen molar-refractivity contribution in [1.29, 1.82) is 0 Å². The maximum atomic E-state index is 12.5. The van der Waals surface area contributed by atoms with Crippen LogP contribution < -0.4 is 15.4 Å². The summed E-state index contributed by atoms with van der Waals surface area (Å²) in [4.78, 5) is 12.5. The van der Waals surface area contributed by atoms with Crippen LogP contribution in [0.25, 0.3) is 0 Å². The van der Waals surface area contributed by atoms with Crippen LogP contribution in [0.4, 0.5) is 0 Å². The highest BCUT2D eigenvalue weighted by atomic mass is 16.5. The predicted molar refractivity (Wildman–Crippen MR) is 111 cm³/mol. The Labute approximate surface area is 167 Å². The molecule has 28 heavy (non-hydrogen) atoms. The molecule has 2 atom stereocenters. The van der Waals surface area contributed by atoms with Gasteiger partial charge in [-0.15, -0.1) is 0 Å². The Morgan fingerprint density at radius 2 is 1.82 bits per heavy atom. The molecule has 4 heteroatoms. The van der Waals surface area contributed by atoms with Crippen molar-refractivity contribution < 1.29 is 9.53 Å². The lowest BCUT2D eigenvalue weighted by Gasteiger charge is -2.34. The molecule has 1 saturated carbocycles. The van der Waals surface area contributed by atoms with Crippen LogP contribution in [0, 0.1) is 11.3 Å². The van der Waals surface area contributed by atoms with Gasteiger partial charge in [-0.2, -0.15) is 0 Å². The van der Waals surface area contributed by atoms with Crippen molar-refractivity contribution in [3.8, 4) is 5.75 Å². The zero-order valence-corrected chi connectivity index (χ0v) is 16.6. The van der Waals surface area contributed by atoms with Gasteiger partial charge in [-0.05, 0) is 66.9 Å². The number of rotatable bonds is 7. The molecule has 1 amide bonds. The third-order valence-corrected chi connectivity index (χ3v) is 6.18. The summed E-state index contributed by atoms with van der Waals surface area (Å²) in [6.45, 7) is 5.76. The molecule has 148 valence electrons. The Kier molecular flexibility index (Phi) is 5.67. The fraction of sp³-hybridized carbons (Fsp3) is 0.458. The molecule has 0 bridgehead atoms. The zero-order chi connectivity index (χ0) is 19.4. The number of benzene rings is 2. The summed E-state index contributed by atoms with van der Waals surface area (Å²) in [5.41, 5.74) is 2.64. The smallest absolute Gasteiger partial charge is 0.223 e. The normalized spacial score (nSPS) is 23.0. The number of carbonyl (C=O) groups excluding carboxylic acids is 1. The van der Waals surface area contributed by atoms with E-state index < -0.39 is 0 Å². The molecule has 0 radical (unpaired) electrons. The summed E-state index contributed by atoms with van der Waals surface area (Å²) in [5, 5.41) is 6.60. The van der Waals surface area contributed by atoms with E-state index in [1.165, 1.54) is 5.56 Å². The van der Waals surface area contributed by atoms with Crippen molar-refractivity contribution in [3.05, 3.63) is 65.7 Å². The van der Waals surface area contributed by atoms with E-state index in [0.717, 1.165) is 50.2 Å². The summed E-state index contributed by atoms with van der Waals surface area (Å²) in [5.74, 6) is 1.56. The molecular formula is C24H30N2O2. The van der Waals surface area contributed by atoms with Crippen LogP contribution in [0.1, 0.15) is 43.2 Å². The van der Waals surface area contributed by atoms with Crippen LogP contribution in [0.3, 0.4) is 0 Å². The molecule has 0 spiro atoms. The molecule has 1 aliphatic heterocycles. The van der Waals surface area contributed by atoms with Crippen LogP contribution in [0.15, 0.2) is 54.6 Å². The zero-order valence-electron chi connectivity index (χ0n) is 16.6. The van der Waals surface area contributed by atoms with Crippen LogP contribution in [0.2, 0.25) is 0 Å². The van der Waals surface area contributed by atoms with Gasteiger partial charge in [-0.25, -0.2) is 0 Å². The average Bonchev–Trinajstić information content (AvgIpc) is 3.53. The van der Waals surface area contributed by atoms with Gasteiger partial charge in [0.2, 0.25) is 5.91 Å². The van der Waals surface area contributed by atoms with Crippen LogP contribution >= 0.6 is 0 Å². The van der Waals surface area contributed by atoms with Gasteiger partial charge < -0.3 is 15.4 Å². The SMILES string of the molecule is CC1(CNC(=O)C2CC2c2ccc(OCc3ccccc3)cc2)CCNCC1. The minimum absolute atomic E-state index is 0.126. The van der Waals surface area contributed by atoms with E-state index in [2.05, 4.69) is 41.8 Å². The first kappa shape index (κ1) is 19.0. The maximum absolute atomic E-state index is 12.5. The van der Waals surface area contributed by atoms with Gasteiger partial charge in [-0.3, -0.25) is 4.79 Å². The second-order valence-corrected chi connectivity index (χ2v) is 8.57. The van der Waals surface area contributed by atoms with E-state index in [1.54, 1.807) is 0 Å². The van der Waals surface area contributed by atoms with Crippen molar-refractivity contribution in [2.24, 2.45) is 11.3 Å². The molecule has 2 aliphatic rings. The summed E-state index contributed by atoms with van der Waals surface area (Å²) < 4.78 is 5.85. The highest BCUT2D eigenvalue weighted by Gasteiger charge is 2.44. The molecule has 2 aromatic carbocycles. The van der Waals surface area contributed by atoms with Crippen molar-refractivity contribution in [3.63, 3.8) is 0 Å². The number of carbonyl (C=O) groups is 1. The molecule has 4 nitrogen and oxygen atoms in total. The predicted octanol–water partition coefficient (Wildman–Crippen LogP) is 3.88. The first-order valence-electron chi connectivity index (χ1n) is 10.4. The Morgan fingerprint density at radius 3 is 2.54 bits per heavy atom. The molecule has 4 rings (SSSR count). The standard InChI is InChI=1S/C24H30N2O2/c1-24(11-13-25-14-12-24)17-26-23(27)22-15-21(22)19-7-9-20(10-8-19)28-16-18-5-3-2-4-6-18/h2-10,21-22,25H,11-17H2,1H3,(H,26,27). The number of piperidine rings is 1. The van der Waals surface area contributed by atoms with E-state index in [9.17, 15) is 4.79 Å². The molecule has 2 fully saturated rings. The lowest BCUT2D eigenvalue weighted by molar-refractivity contribution is -0.123. The third kappa shape index (κ3) is 4.74. The van der Waals surface area contributed by atoms with Gasteiger partial charge in [0.15, 0.2) is 0 Å². The fourth-order valence-corrected chi connectivity index (χ4v) is 4.04. The minimum atomic E-state index is 0.126. The maximum Gasteiger partial charge on any atom is 0.223 e. The van der Waals surface area contributed by atoms with Crippen molar-refractivity contribution >= 4 is 5.91 Å². The van der Waals surface area contributed by atoms with E-state index >= 15 is 0 Å². The van der Waals surface area contributed by atoms with E-state index in [4.69, 9.17) is 4.74 Å². The van der Waals surface area contributed by atoms with Crippen LogP contribution in [-0.2, 0) is 11.4 Å². The molecule has 1 saturated heterocycles. The van der Waals surface area contributed by atoms with Crippen molar-refractivity contribution in [2.75, 3.05) is 19.6 Å². The highest BCUT2D eigenvalue weighted by molar-refractivity contribution is 5.82. The molecular weight excluding hydrogens is 348 g/mol. The Bertz CT molecular complexity index is 782. The lowest BCUT2D eigenvalue weighted by Crippen LogP contribution is -2.43. The first-order chi connectivity index (χ1) is 13.6. The first-order valence-corrected chi connectivity index (χ1v) is 10.4. The van der Waals surface area contributed by atoms with Gasteiger partial charge in [-0.1, -0.05) is 49.4 Å². The summed E-state index contributed by atoms with van der Waals surface area (Å²) in [6.07, 6.45) is 3.21. The molecule has 1 heterocycles. The highest BCUT2D eigenvalue weighted by Crippen LogP contribution is 2.48. The monoisotopic (exact) mass is 378 g/mol. The van der Waals surface area contributed by atoms with E-state index in [0.29, 0.717) is 12.5 Å². The van der Waals surface area contributed by atoms with Gasteiger partial charge in [0.25, 0.3) is 0 Å². The molecule has 2 N–H and O–H groups in total. The largest absolute Gasteiger partial charge is 0.489 e. The Morgan fingerprint density at radius 1 is 1.11 bits per heavy atom.